The fourth-order valence-corrected chi connectivity index (χ4v) is 8.86. The van der Waals surface area contributed by atoms with Gasteiger partial charge in [0.05, 0.1) is 0 Å². The third kappa shape index (κ3) is 1.85. The zero-order valence-electron chi connectivity index (χ0n) is 17.9. The predicted molar refractivity (Wildman–Crippen MR) is 122 cm³/mol. The number of nitrogens with one attached hydrogen (secondary N) is 2. The molecule has 29 heavy (non-hydrogen) atoms. The number of hydrogen-bond donors (Lipinski definition) is 2. The molecule has 2 saturated heterocycles. The monoisotopic (exact) mass is 408 g/mol. The van der Waals surface area contributed by atoms with Gasteiger partial charge in [0.2, 0.25) is 0 Å². The van der Waals surface area contributed by atoms with Gasteiger partial charge in [-0.1, -0.05) is 88.4 Å². The maximum atomic E-state index is 4.17. The first-order valence-corrected chi connectivity index (χ1v) is 11.0. The highest BCUT2D eigenvalue weighted by atomic mass is 35.5. The van der Waals surface area contributed by atoms with Gasteiger partial charge in [0.15, 0.2) is 0 Å². The van der Waals surface area contributed by atoms with Crippen LogP contribution >= 0.6 is 12.4 Å². The quantitative estimate of drug-likeness (QED) is 0.744. The lowest BCUT2D eigenvalue weighted by atomic mass is 9.33. The van der Waals surface area contributed by atoms with Crippen LogP contribution in [-0.2, 0) is 10.8 Å². The molecule has 3 heteroatoms. The topological polar surface area (TPSA) is 24.1 Å². The summed E-state index contributed by atoms with van der Waals surface area (Å²) < 4.78 is 0. The number of rotatable bonds is 2. The lowest BCUT2D eigenvalue weighted by Crippen LogP contribution is -2.74. The van der Waals surface area contributed by atoms with E-state index < -0.39 is 0 Å². The molecule has 2 aliphatic heterocycles. The minimum atomic E-state index is 0. The van der Waals surface area contributed by atoms with E-state index in [1.54, 1.807) is 0 Å². The van der Waals surface area contributed by atoms with Crippen LogP contribution in [0.25, 0.3) is 0 Å². The van der Waals surface area contributed by atoms with E-state index in [2.05, 4.69) is 99.0 Å². The van der Waals surface area contributed by atoms with Crippen molar-refractivity contribution >= 4 is 12.4 Å². The van der Waals surface area contributed by atoms with Gasteiger partial charge in [-0.3, -0.25) is 0 Å². The Morgan fingerprint density at radius 2 is 0.931 bits per heavy atom. The van der Waals surface area contributed by atoms with Crippen molar-refractivity contribution in [2.75, 3.05) is 0 Å². The van der Waals surface area contributed by atoms with E-state index in [1.807, 2.05) is 0 Å². The second-order valence-corrected chi connectivity index (χ2v) is 10.8. The summed E-state index contributed by atoms with van der Waals surface area (Å²) in [4.78, 5) is 0. The molecule has 4 bridgehead atoms. The summed E-state index contributed by atoms with van der Waals surface area (Å²) >= 11 is 0. The van der Waals surface area contributed by atoms with Gasteiger partial charge in [0.1, 0.15) is 0 Å². The van der Waals surface area contributed by atoms with Gasteiger partial charge in [0, 0.05) is 35.0 Å². The molecule has 2 nitrogen and oxygen atoms in total. The van der Waals surface area contributed by atoms with Gasteiger partial charge in [-0.15, -0.1) is 12.4 Å². The molecule has 2 saturated carbocycles. The molecular weight excluding hydrogens is 376 g/mol. The molecule has 0 aromatic heterocycles. The van der Waals surface area contributed by atoms with Gasteiger partial charge >= 0.3 is 0 Å². The van der Waals surface area contributed by atoms with Crippen molar-refractivity contribution in [2.24, 2.45) is 10.8 Å². The largest absolute Gasteiger partial charge is 0.310 e. The van der Waals surface area contributed by atoms with E-state index in [9.17, 15) is 0 Å². The van der Waals surface area contributed by atoms with Crippen molar-refractivity contribution in [3.05, 3.63) is 71.8 Å². The lowest BCUT2D eigenvalue weighted by molar-refractivity contribution is -0.0591. The molecule has 6 atom stereocenters. The van der Waals surface area contributed by atoms with Crippen molar-refractivity contribution < 1.29 is 0 Å². The Balaban J connectivity index is 0.00000181. The van der Waals surface area contributed by atoms with Crippen LogP contribution in [0, 0.1) is 10.8 Å². The van der Waals surface area contributed by atoms with Crippen molar-refractivity contribution in [2.45, 2.75) is 75.5 Å². The van der Waals surface area contributed by atoms with Crippen LogP contribution in [0.15, 0.2) is 60.7 Å². The van der Waals surface area contributed by atoms with Crippen LogP contribution in [-0.4, -0.2) is 24.2 Å². The van der Waals surface area contributed by atoms with Crippen molar-refractivity contribution in [1.29, 1.82) is 0 Å². The van der Waals surface area contributed by atoms with Crippen LogP contribution in [0.5, 0.6) is 0 Å². The Morgan fingerprint density at radius 3 is 1.28 bits per heavy atom. The first-order chi connectivity index (χ1) is 13.4. The highest BCUT2D eigenvalue weighted by Crippen LogP contribution is 2.76. The van der Waals surface area contributed by atoms with Crippen LogP contribution in [0.3, 0.4) is 0 Å². The van der Waals surface area contributed by atoms with Gasteiger partial charge in [-0.05, 0) is 34.8 Å². The molecular formula is C26H33ClN2. The molecule has 2 aromatic rings. The van der Waals surface area contributed by atoms with Crippen molar-refractivity contribution in [3.8, 4) is 0 Å². The molecule has 0 amide bonds. The molecule has 0 radical (unpaired) electrons. The fraction of sp³-hybridized carbons (Fsp3) is 0.538. The van der Waals surface area contributed by atoms with Crippen molar-refractivity contribution in [3.63, 3.8) is 0 Å². The van der Waals surface area contributed by atoms with E-state index in [0.717, 1.165) is 0 Å². The second-order valence-electron chi connectivity index (χ2n) is 10.8. The lowest BCUT2D eigenvalue weighted by Gasteiger charge is -2.68. The fourth-order valence-electron chi connectivity index (χ4n) is 8.86. The van der Waals surface area contributed by atoms with E-state index in [0.29, 0.717) is 24.2 Å². The maximum absolute atomic E-state index is 4.17. The molecule has 4 aliphatic rings. The molecule has 2 N–H and O–H groups in total. The first kappa shape index (κ1) is 19.6. The van der Waals surface area contributed by atoms with E-state index in [-0.39, 0.29) is 34.1 Å². The summed E-state index contributed by atoms with van der Waals surface area (Å²) in [6.45, 7) is 10.2. The van der Waals surface area contributed by atoms with Crippen molar-refractivity contribution in [1.82, 2.24) is 10.6 Å². The number of fused-ring (bicyclic) bond motifs is 2. The molecule has 2 heterocycles. The van der Waals surface area contributed by atoms with Gasteiger partial charge in [-0.2, -0.15) is 0 Å². The zero-order valence-corrected chi connectivity index (χ0v) is 18.7. The molecule has 2 aliphatic carbocycles. The predicted octanol–water partition coefficient (Wildman–Crippen LogP) is 4.82. The van der Waals surface area contributed by atoms with E-state index in [1.165, 1.54) is 24.0 Å². The van der Waals surface area contributed by atoms with Gasteiger partial charge in [-0.25, -0.2) is 0 Å². The SMILES string of the molecule is CC1(C)[C@H]2C[C@@H]3N[C@@H]4C[C@H](N2)[C@]1(c1ccccc1)[C@@]3(c1ccccc1)C4(C)C.Cl. The minimum absolute atomic E-state index is 0. The van der Waals surface area contributed by atoms with E-state index in [4.69, 9.17) is 0 Å². The normalized spacial score (nSPS) is 42.5. The molecule has 2 aromatic carbocycles. The molecule has 154 valence electrons. The summed E-state index contributed by atoms with van der Waals surface area (Å²) in [6, 6.07) is 25.1. The summed E-state index contributed by atoms with van der Waals surface area (Å²) in [5.41, 5.74) is 3.56. The Hall–Kier alpha value is -1.35. The summed E-state index contributed by atoms with van der Waals surface area (Å²) in [5, 5.41) is 8.33. The Kier molecular flexibility index (Phi) is 3.97. The third-order valence-electron chi connectivity index (χ3n) is 9.65. The highest BCUT2D eigenvalue weighted by molar-refractivity contribution is 5.85. The average Bonchev–Trinajstić information content (AvgIpc) is 2.91. The molecule has 4 fully saturated rings. The Labute approximate surface area is 181 Å². The number of hydrogen-bond acceptors (Lipinski definition) is 2. The molecule has 0 spiro atoms. The summed E-state index contributed by atoms with van der Waals surface area (Å²) in [5.74, 6) is 0. The zero-order chi connectivity index (χ0) is 19.4. The average molecular weight is 409 g/mol. The summed E-state index contributed by atoms with van der Waals surface area (Å²) in [6.07, 6.45) is 2.43. The van der Waals surface area contributed by atoms with Crippen LogP contribution in [0.1, 0.15) is 51.7 Å². The first-order valence-electron chi connectivity index (χ1n) is 11.0. The number of benzene rings is 2. The summed E-state index contributed by atoms with van der Waals surface area (Å²) in [7, 11) is 0. The van der Waals surface area contributed by atoms with Crippen LogP contribution < -0.4 is 10.6 Å². The standard InChI is InChI=1S/C26H32N2.ClH/c1-23(2)19-15-22-26(18-13-9-6-10-14-18)24(3,4)20(28-22)16-21(27-19)25(23,26)17-11-7-5-8-12-17;/h5-14,19-22,27-28H,15-16H2,1-4H3;1H/t19-,20-,21+,22+,25-,26+;/m1./s1. The van der Waals surface area contributed by atoms with Gasteiger partial charge < -0.3 is 10.6 Å². The van der Waals surface area contributed by atoms with Gasteiger partial charge in [0.25, 0.3) is 0 Å². The molecule has 6 rings (SSSR count). The Bertz CT molecular complexity index is 847. The molecule has 0 unspecified atom stereocenters. The van der Waals surface area contributed by atoms with Crippen LogP contribution in [0.2, 0.25) is 0 Å². The van der Waals surface area contributed by atoms with E-state index >= 15 is 0 Å². The maximum Gasteiger partial charge on any atom is 0.0290 e. The number of halogens is 1. The third-order valence-corrected chi connectivity index (χ3v) is 9.65. The smallest absolute Gasteiger partial charge is 0.0290 e. The second kappa shape index (κ2) is 5.87. The highest BCUT2D eigenvalue weighted by Gasteiger charge is 2.83. The van der Waals surface area contributed by atoms with Crippen LogP contribution in [0.4, 0.5) is 0 Å². The Morgan fingerprint density at radius 1 is 0.586 bits per heavy atom. The minimum Gasteiger partial charge on any atom is -0.310 e.